The number of rotatable bonds is 8. The second kappa shape index (κ2) is 7.39. The number of methoxy groups -OCH3 is 1. The van der Waals surface area contributed by atoms with Crippen LogP contribution in [0.2, 0.25) is 0 Å². The Labute approximate surface area is 117 Å². The third-order valence-electron chi connectivity index (χ3n) is 2.44. The second-order valence-electron chi connectivity index (χ2n) is 4.12. The Morgan fingerprint density at radius 3 is 2.65 bits per heavy atom. The fraction of sp³-hybridized carbons (Fsp3) is 0.500. The highest BCUT2D eigenvalue weighted by atomic mass is 16.5. The van der Waals surface area contributed by atoms with Gasteiger partial charge in [0.2, 0.25) is 6.39 Å². The fourth-order valence-corrected chi connectivity index (χ4v) is 1.56. The molecule has 0 saturated heterocycles. The van der Waals surface area contributed by atoms with Crippen LogP contribution in [-0.4, -0.2) is 33.8 Å². The summed E-state index contributed by atoms with van der Waals surface area (Å²) in [6, 6.07) is 1.84. The van der Waals surface area contributed by atoms with E-state index < -0.39 is 0 Å². The fourth-order valence-electron chi connectivity index (χ4n) is 1.56. The molecule has 0 aromatic carbocycles. The molecule has 108 valence electrons. The molecule has 2 rings (SSSR count). The first-order valence-electron chi connectivity index (χ1n) is 6.41. The first-order chi connectivity index (χ1) is 9.81. The molecule has 0 unspecified atom stereocenters. The molecule has 2 aromatic rings. The minimum absolute atomic E-state index is 0.360. The van der Waals surface area contributed by atoms with Gasteiger partial charge in [0.25, 0.3) is 0 Å². The molecule has 0 fully saturated rings. The molecule has 8 heteroatoms. The number of hydrogen-bond donors (Lipinski definition) is 2. The minimum Gasteiger partial charge on any atom is -0.377 e. The van der Waals surface area contributed by atoms with Crippen molar-refractivity contribution in [2.24, 2.45) is 0 Å². The molecule has 8 nitrogen and oxygen atoms in total. The van der Waals surface area contributed by atoms with Crippen LogP contribution in [0.25, 0.3) is 0 Å². The van der Waals surface area contributed by atoms with E-state index in [9.17, 15) is 0 Å². The van der Waals surface area contributed by atoms with Gasteiger partial charge in [0.05, 0.1) is 6.54 Å². The molecule has 0 radical (unpaired) electrons. The molecule has 0 aliphatic rings. The molecule has 0 atom stereocenters. The van der Waals surface area contributed by atoms with Gasteiger partial charge in [-0.05, 0) is 6.42 Å². The van der Waals surface area contributed by atoms with Gasteiger partial charge < -0.3 is 19.9 Å². The Morgan fingerprint density at radius 1 is 1.20 bits per heavy atom. The maximum absolute atomic E-state index is 5.07. The van der Waals surface area contributed by atoms with Gasteiger partial charge in [0.1, 0.15) is 18.2 Å². The maximum Gasteiger partial charge on any atom is 0.213 e. The molecule has 0 spiro atoms. The molecule has 0 saturated carbocycles. The van der Waals surface area contributed by atoms with Crippen LogP contribution >= 0.6 is 0 Å². The molecular weight excluding hydrogens is 260 g/mol. The smallest absolute Gasteiger partial charge is 0.213 e. The zero-order valence-corrected chi connectivity index (χ0v) is 11.6. The number of aromatic nitrogens is 4. The van der Waals surface area contributed by atoms with Crippen molar-refractivity contribution in [2.75, 3.05) is 24.3 Å². The van der Waals surface area contributed by atoms with E-state index >= 15 is 0 Å². The Bertz CT molecular complexity index is 517. The van der Waals surface area contributed by atoms with Gasteiger partial charge in [0.15, 0.2) is 11.6 Å². The highest BCUT2D eigenvalue weighted by Gasteiger charge is 2.05. The van der Waals surface area contributed by atoms with Gasteiger partial charge in [0, 0.05) is 19.7 Å². The number of anilines is 2. The minimum atomic E-state index is 0.360. The number of hydrogen-bond acceptors (Lipinski definition) is 8. The van der Waals surface area contributed by atoms with Crippen molar-refractivity contribution in [3.63, 3.8) is 0 Å². The predicted octanol–water partition coefficient (Wildman–Crippen LogP) is 1.44. The molecule has 0 bridgehead atoms. The summed E-state index contributed by atoms with van der Waals surface area (Å²) in [6.07, 6.45) is 2.32. The molecule has 2 aromatic heterocycles. The molecule has 2 N–H and O–H groups in total. The lowest BCUT2D eigenvalue weighted by Gasteiger charge is -2.09. The van der Waals surface area contributed by atoms with Crippen molar-refractivity contribution in [2.45, 2.75) is 26.5 Å². The topological polar surface area (TPSA) is 98.0 Å². The van der Waals surface area contributed by atoms with Gasteiger partial charge >= 0.3 is 0 Å². The van der Waals surface area contributed by atoms with E-state index in [1.54, 1.807) is 7.11 Å². The Kier molecular flexibility index (Phi) is 5.24. The third-order valence-corrected chi connectivity index (χ3v) is 2.44. The maximum atomic E-state index is 5.07. The van der Waals surface area contributed by atoms with Crippen LogP contribution < -0.4 is 10.6 Å². The summed E-state index contributed by atoms with van der Waals surface area (Å²) in [5.41, 5.74) is 0. The summed E-state index contributed by atoms with van der Waals surface area (Å²) < 4.78 is 9.75. The Morgan fingerprint density at radius 2 is 2.00 bits per heavy atom. The third kappa shape index (κ3) is 4.16. The highest BCUT2D eigenvalue weighted by molar-refractivity contribution is 5.47. The van der Waals surface area contributed by atoms with Crippen LogP contribution in [0.3, 0.4) is 0 Å². The van der Waals surface area contributed by atoms with Crippen molar-refractivity contribution < 1.29 is 9.26 Å². The second-order valence-corrected chi connectivity index (χ2v) is 4.12. The lowest BCUT2D eigenvalue weighted by molar-refractivity contribution is 0.178. The van der Waals surface area contributed by atoms with E-state index in [2.05, 4.69) is 42.2 Å². The number of nitrogens with one attached hydrogen (secondary N) is 2. The molecule has 0 aliphatic carbocycles. The zero-order valence-electron chi connectivity index (χ0n) is 11.6. The highest BCUT2D eigenvalue weighted by Crippen LogP contribution is 2.12. The molecular formula is C12H18N6O2. The quantitative estimate of drug-likeness (QED) is 0.748. The van der Waals surface area contributed by atoms with Crippen LogP contribution in [0.4, 0.5) is 11.6 Å². The van der Waals surface area contributed by atoms with E-state index in [4.69, 9.17) is 4.74 Å². The monoisotopic (exact) mass is 278 g/mol. The van der Waals surface area contributed by atoms with E-state index in [-0.39, 0.29) is 0 Å². The number of nitrogens with zero attached hydrogens (tertiary/aromatic N) is 4. The summed E-state index contributed by atoms with van der Waals surface area (Å²) in [4.78, 5) is 12.7. The summed E-state index contributed by atoms with van der Waals surface area (Å²) in [5.74, 6) is 2.64. The first kappa shape index (κ1) is 14.2. The predicted molar refractivity (Wildman–Crippen MR) is 73.2 cm³/mol. The van der Waals surface area contributed by atoms with E-state index in [0.717, 1.165) is 18.8 Å². The first-order valence-corrected chi connectivity index (χ1v) is 6.41. The summed E-state index contributed by atoms with van der Waals surface area (Å²) >= 11 is 0. The van der Waals surface area contributed by atoms with Crippen LogP contribution in [0.5, 0.6) is 0 Å². The molecule has 20 heavy (non-hydrogen) atoms. The summed E-state index contributed by atoms with van der Waals surface area (Å²) in [5, 5.41) is 10.1. The summed E-state index contributed by atoms with van der Waals surface area (Å²) in [7, 11) is 1.61. The lowest BCUT2D eigenvalue weighted by atomic mass is 10.4. The van der Waals surface area contributed by atoms with Crippen LogP contribution in [-0.2, 0) is 17.9 Å². The molecule has 0 aliphatic heterocycles. The van der Waals surface area contributed by atoms with E-state index in [0.29, 0.717) is 30.6 Å². The average Bonchev–Trinajstić information content (AvgIpc) is 2.96. The normalized spacial score (nSPS) is 10.5. The lowest BCUT2D eigenvalue weighted by Crippen LogP contribution is -2.09. The van der Waals surface area contributed by atoms with Crippen molar-refractivity contribution in [3.8, 4) is 0 Å². The largest absolute Gasteiger partial charge is 0.377 e. The van der Waals surface area contributed by atoms with Crippen molar-refractivity contribution in [1.82, 2.24) is 20.1 Å². The van der Waals surface area contributed by atoms with E-state index in [1.807, 2.05) is 6.07 Å². The SMILES string of the molecule is CCCNc1cc(NCc2ncon2)nc(COC)n1. The van der Waals surface area contributed by atoms with Crippen LogP contribution in [0.15, 0.2) is 17.0 Å². The Balaban J connectivity index is 2.06. The van der Waals surface area contributed by atoms with Crippen molar-refractivity contribution in [3.05, 3.63) is 24.1 Å². The number of ether oxygens (including phenoxy) is 1. The molecule has 2 heterocycles. The average molecular weight is 278 g/mol. The summed E-state index contributed by atoms with van der Waals surface area (Å²) in [6.45, 7) is 3.75. The van der Waals surface area contributed by atoms with Gasteiger partial charge in [-0.3, -0.25) is 0 Å². The standard InChI is InChI=1S/C12H18N6O2/c1-3-4-13-9-5-10(17-12(16-9)7-19-2)14-6-11-15-8-20-18-11/h5,8H,3-4,6-7H2,1-2H3,(H2,13,14,16,17). The van der Waals surface area contributed by atoms with Crippen molar-refractivity contribution in [1.29, 1.82) is 0 Å². The van der Waals surface area contributed by atoms with E-state index in [1.165, 1.54) is 6.39 Å². The van der Waals surface area contributed by atoms with Gasteiger partial charge in [-0.15, -0.1) is 0 Å². The Hall–Kier alpha value is -2.22. The van der Waals surface area contributed by atoms with Gasteiger partial charge in [-0.1, -0.05) is 12.1 Å². The van der Waals surface area contributed by atoms with Crippen LogP contribution in [0.1, 0.15) is 25.0 Å². The van der Waals surface area contributed by atoms with Gasteiger partial charge in [-0.2, -0.15) is 4.98 Å². The molecule has 0 amide bonds. The van der Waals surface area contributed by atoms with Gasteiger partial charge in [-0.25, -0.2) is 9.97 Å². The van der Waals surface area contributed by atoms with Crippen LogP contribution in [0, 0.1) is 0 Å². The zero-order chi connectivity index (χ0) is 14.2. The van der Waals surface area contributed by atoms with Crippen molar-refractivity contribution >= 4 is 11.6 Å².